The third-order valence-corrected chi connectivity index (χ3v) is 4.56. The van der Waals surface area contributed by atoms with E-state index in [-0.39, 0.29) is 16.9 Å². The molecule has 0 bridgehead atoms. The number of hydrogen-bond acceptors (Lipinski definition) is 5. The van der Waals surface area contributed by atoms with Crippen molar-refractivity contribution in [2.75, 3.05) is 17.1 Å². The maximum absolute atomic E-state index is 12.0. The van der Waals surface area contributed by atoms with Crippen LogP contribution < -0.4 is 10.0 Å². The maximum atomic E-state index is 12.0. The monoisotopic (exact) mass is 283 g/mol. The number of carboxylic acids is 1. The van der Waals surface area contributed by atoms with Crippen LogP contribution in [0.4, 0.5) is 11.4 Å². The number of hydrogen-bond donors (Lipinski definition) is 2. The first-order valence-corrected chi connectivity index (χ1v) is 6.72. The number of benzene rings is 1. The van der Waals surface area contributed by atoms with E-state index in [0.29, 0.717) is 0 Å². The van der Waals surface area contributed by atoms with Crippen LogP contribution in [0.15, 0.2) is 18.2 Å². The van der Waals surface area contributed by atoms with Crippen molar-refractivity contribution in [3.05, 3.63) is 23.8 Å². The molecule has 1 aromatic carbocycles. The topological polar surface area (TPSA) is 124 Å². The molecule has 0 aliphatic carbocycles. The summed E-state index contributed by atoms with van der Waals surface area (Å²) in [5.41, 5.74) is 5.41. The standard InChI is InChI=1S/C11H13N3O4S/c1-7(6-12)19(17,18)14(2)10-4-3-8(13)5-9(10)11(15)16/h3-5,7H,13H2,1-2H3,(H,15,16). The fourth-order valence-corrected chi connectivity index (χ4v) is 2.48. The van der Waals surface area contributed by atoms with E-state index in [1.807, 2.05) is 0 Å². The average molecular weight is 283 g/mol. The van der Waals surface area contributed by atoms with Crippen LogP contribution >= 0.6 is 0 Å². The van der Waals surface area contributed by atoms with Crippen LogP contribution in [-0.4, -0.2) is 31.8 Å². The third kappa shape index (κ3) is 2.77. The van der Waals surface area contributed by atoms with E-state index < -0.39 is 21.2 Å². The van der Waals surface area contributed by atoms with Crippen LogP contribution in [0.5, 0.6) is 0 Å². The van der Waals surface area contributed by atoms with E-state index in [2.05, 4.69) is 0 Å². The van der Waals surface area contributed by atoms with Gasteiger partial charge in [0.2, 0.25) is 0 Å². The van der Waals surface area contributed by atoms with Gasteiger partial charge in [0.1, 0.15) is 0 Å². The zero-order valence-electron chi connectivity index (χ0n) is 10.4. The lowest BCUT2D eigenvalue weighted by atomic mass is 10.1. The number of nitrogens with two attached hydrogens (primary N) is 1. The highest BCUT2D eigenvalue weighted by atomic mass is 32.2. The van der Waals surface area contributed by atoms with Crippen molar-refractivity contribution in [2.24, 2.45) is 0 Å². The van der Waals surface area contributed by atoms with Gasteiger partial charge < -0.3 is 10.8 Å². The van der Waals surface area contributed by atoms with Gasteiger partial charge in [-0.05, 0) is 25.1 Å². The molecule has 8 heteroatoms. The number of rotatable bonds is 4. The molecule has 0 saturated carbocycles. The summed E-state index contributed by atoms with van der Waals surface area (Å²) in [6.45, 7) is 1.23. The van der Waals surface area contributed by atoms with Gasteiger partial charge in [0.05, 0.1) is 17.3 Å². The van der Waals surface area contributed by atoms with Crippen LogP contribution in [-0.2, 0) is 10.0 Å². The Balaban J connectivity index is 3.40. The number of sulfonamides is 1. The van der Waals surface area contributed by atoms with Crippen molar-refractivity contribution in [3.8, 4) is 6.07 Å². The van der Waals surface area contributed by atoms with Crippen LogP contribution in [0.1, 0.15) is 17.3 Å². The minimum Gasteiger partial charge on any atom is -0.478 e. The molecule has 3 N–H and O–H groups in total. The number of nitrogen functional groups attached to an aromatic ring is 1. The van der Waals surface area contributed by atoms with E-state index in [1.54, 1.807) is 6.07 Å². The lowest BCUT2D eigenvalue weighted by molar-refractivity contribution is 0.0698. The minimum atomic E-state index is -3.94. The maximum Gasteiger partial charge on any atom is 0.337 e. The highest BCUT2D eigenvalue weighted by Crippen LogP contribution is 2.25. The molecule has 19 heavy (non-hydrogen) atoms. The molecule has 0 aromatic heterocycles. The molecule has 0 spiro atoms. The molecular weight excluding hydrogens is 270 g/mol. The Kier molecular flexibility index (Phi) is 4.01. The van der Waals surface area contributed by atoms with Gasteiger partial charge in [-0.3, -0.25) is 4.31 Å². The third-order valence-electron chi connectivity index (χ3n) is 2.60. The lowest BCUT2D eigenvalue weighted by Gasteiger charge is -2.22. The Hall–Kier alpha value is -2.27. The summed E-state index contributed by atoms with van der Waals surface area (Å²) in [6.07, 6.45) is 0. The van der Waals surface area contributed by atoms with Crippen molar-refractivity contribution in [1.82, 2.24) is 0 Å². The fraction of sp³-hybridized carbons (Fsp3) is 0.273. The quantitative estimate of drug-likeness (QED) is 0.781. The zero-order chi connectivity index (χ0) is 14.8. The first-order chi connectivity index (χ1) is 8.71. The lowest BCUT2D eigenvalue weighted by Crippen LogP contribution is -2.34. The van der Waals surface area contributed by atoms with Crippen molar-refractivity contribution in [1.29, 1.82) is 5.26 Å². The molecular formula is C11H13N3O4S. The van der Waals surface area contributed by atoms with Crippen molar-refractivity contribution < 1.29 is 18.3 Å². The fourth-order valence-electron chi connectivity index (χ4n) is 1.44. The number of carbonyl (C=O) groups is 1. The Morgan fingerprint density at radius 1 is 1.53 bits per heavy atom. The number of anilines is 2. The van der Waals surface area contributed by atoms with Gasteiger partial charge >= 0.3 is 5.97 Å². The van der Waals surface area contributed by atoms with Gasteiger partial charge in [-0.1, -0.05) is 0 Å². The van der Waals surface area contributed by atoms with Crippen LogP contribution in [0, 0.1) is 11.3 Å². The van der Waals surface area contributed by atoms with Gasteiger partial charge in [-0.2, -0.15) is 5.26 Å². The zero-order valence-corrected chi connectivity index (χ0v) is 11.2. The second kappa shape index (κ2) is 5.16. The molecule has 7 nitrogen and oxygen atoms in total. The smallest absolute Gasteiger partial charge is 0.337 e. The summed E-state index contributed by atoms with van der Waals surface area (Å²) in [7, 11) is -2.75. The second-order valence-corrected chi connectivity index (χ2v) is 6.15. The van der Waals surface area contributed by atoms with E-state index in [4.69, 9.17) is 16.1 Å². The molecule has 1 unspecified atom stereocenters. The minimum absolute atomic E-state index is 0.0381. The van der Waals surface area contributed by atoms with Gasteiger partial charge in [0.15, 0.2) is 5.25 Å². The van der Waals surface area contributed by atoms with E-state index in [9.17, 15) is 13.2 Å². The Morgan fingerprint density at radius 2 is 2.11 bits per heavy atom. The molecule has 0 aliphatic heterocycles. The highest BCUT2D eigenvalue weighted by molar-refractivity contribution is 7.93. The molecule has 1 rings (SSSR count). The SMILES string of the molecule is CC(C#N)S(=O)(=O)N(C)c1ccc(N)cc1C(=O)O. The van der Waals surface area contributed by atoms with Crippen molar-refractivity contribution in [3.63, 3.8) is 0 Å². The van der Waals surface area contributed by atoms with Gasteiger partial charge in [-0.25, -0.2) is 13.2 Å². The highest BCUT2D eigenvalue weighted by Gasteiger charge is 2.28. The second-order valence-electron chi connectivity index (χ2n) is 3.87. The van der Waals surface area contributed by atoms with Crippen LogP contribution in [0.25, 0.3) is 0 Å². The molecule has 0 radical (unpaired) electrons. The number of nitrogens with zero attached hydrogens (tertiary/aromatic N) is 2. The predicted molar refractivity (Wildman–Crippen MR) is 70.2 cm³/mol. The van der Waals surface area contributed by atoms with Gasteiger partial charge in [-0.15, -0.1) is 0 Å². The Bertz CT molecular complexity index is 648. The predicted octanol–water partition coefficient (Wildman–Crippen LogP) is 0.645. The molecule has 1 aromatic rings. The van der Waals surface area contributed by atoms with Crippen molar-refractivity contribution in [2.45, 2.75) is 12.2 Å². The average Bonchev–Trinajstić information content (AvgIpc) is 2.36. The van der Waals surface area contributed by atoms with E-state index >= 15 is 0 Å². The molecule has 0 heterocycles. The van der Waals surface area contributed by atoms with Crippen LogP contribution in [0.2, 0.25) is 0 Å². The summed E-state index contributed by atoms with van der Waals surface area (Å²) in [5.74, 6) is -1.30. The number of aromatic carboxylic acids is 1. The number of carboxylic acid groups (broad SMARTS) is 1. The Labute approximate surface area is 110 Å². The Morgan fingerprint density at radius 3 is 2.58 bits per heavy atom. The molecule has 0 fully saturated rings. The van der Waals surface area contributed by atoms with Gasteiger partial charge in [0.25, 0.3) is 10.0 Å². The first kappa shape index (κ1) is 14.8. The molecule has 0 aliphatic rings. The van der Waals surface area contributed by atoms with E-state index in [0.717, 1.165) is 4.31 Å². The van der Waals surface area contributed by atoms with Crippen molar-refractivity contribution >= 4 is 27.4 Å². The summed E-state index contributed by atoms with van der Waals surface area (Å²) in [6, 6.07) is 5.47. The summed E-state index contributed by atoms with van der Waals surface area (Å²) >= 11 is 0. The summed E-state index contributed by atoms with van der Waals surface area (Å²) < 4.78 is 24.8. The van der Waals surface area contributed by atoms with E-state index in [1.165, 1.54) is 32.2 Å². The van der Waals surface area contributed by atoms with Gasteiger partial charge in [0, 0.05) is 12.7 Å². The summed E-state index contributed by atoms with van der Waals surface area (Å²) in [4.78, 5) is 11.1. The molecule has 102 valence electrons. The largest absolute Gasteiger partial charge is 0.478 e. The first-order valence-electron chi connectivity index (χ1n) is 5.22. The normalized spacial score (nSPS) is 12.5. The summed E-state index contributed by atoms with van der Waals surface area (Å²) in [5, 5.41) is 16.5. The molecule has 1 atom stereocenters. The molecule has 0 saturated heterocycles. The van der Waals surface area contributed by atoms with Crippen LogP contribution in [0.3, 0.4) is 0 Å². The molecule has 0 amide bonds. The number of nitriles is 1.